The van der Waals surface area contributed by atoms with E-state index in [1.54, 1.807) is 16.8 Å². The van der Waals surface area contributed by atoms with Crippen LogP contribution in [0.4, 0.5) is 5.95 Å². The van der Waals surface area contributed by atoms with E-state index in [0.29, 0.717) is 54.8 Å². The Morgan fingerprint density at radius 2 is 1.95 bits per heavy atom. The van der Waals surface area contributed by atoms with Gasteiger partial charge in [0.25, 0.3) is 0 Å². The van der Waals surface area contributed by atoms with Crippen molar-refractivity contribution in [2.24, 2.45) is 5.92 Å². The number of nitrogens with one attached hydrogen (secondary N) is 1. The van der Waals surface area contributed by atoms with Gasteiger partial charge in [-0.25, -0.2) is 14.6 Å². The van der Waals surface area contributed by atoms with E-state index in [4.69, 9.17) is 19.7 Å². The number of aliphatic carboxylic acids is 1. The predicted octanol–water partition coefficient (Wildman–Crippen LogP) is 3.89. The van der Waals surface area contributed by atoms with Gasteiger partial charge < -0.3 is 15.2 Å². The largest absolute Gasteiger partial charge is 0.481 e. The van der Waals surface area contributed by atoms with Crippen LogP contribution in [0.3, 0.4) is 0 Å². The van der Waals surface area contributed by atoms with Crippen molar-refractivity contribution in [3.8, 4) is 28.7 Å². The van der Waals surface area contributed by atoms with Crippen LogP contribution in [0.1, 0.15) is 48.6 Å². The molecule has 1 saturated heterocycles. The van der Waals surface area contributed by atoms with E-state index in [1.165, 1.54) is 0 Å². The lowest BCUT2D eigenvalue weighted by Gasteiger charge is -2.15. The Hall–Kier alpha value is -4.69. The van der Waals surface area contributed by atoms with Crippen LogP contribution < -0.4 is 5.32 Å². The zero-order chi connectivity index (χ0) is 27.5. The van der Waals surface area contributed by atoms with Gasteiger partial charge in [-0.3, -0.25) is 9.78 Å². The summed E-state index contributed by atoms with van der Waals surface area (Å²) in [5.74, 6) is -0.758. The molecular weight excluding hydrogens is 508 g/mol. The highest BCUT2D eigenvalue weighted by Gasteiger charge is 2.34. The summed E-state index contributed by atoms with van der Waals surface area (Å²) >= 11 is 0. The zero-order valence-corrected chi connectivity index (χ0v) is 21.8. The third kappa shape index (κ3) is 5.53. The van der Waals surface area contributed by atoms with Gasteiger partial charge in [0.05, 0.1) is 60.0 Å². The molecule has 2 fully saturated rings. The summed E-state index contributed by atoms with van der Waals surface area (Å²) in [5, 5.41) is 31.0. The molecule has 0 spiro atoms. The van der Waals surface area contributed by atoms with Crippen molar-refractivity contribution in [2.45, 2.75) is 44.2 Å². The number of aromatic nitrogens is 6. The number of hydrogen-bond acceptors (Lipinski definition) is 9. The van der Waals surface area contributed by atoms with Crippen molar-refractivity contribution in [3.05, 3.63) is 71.7 Å². The van der Waals surface area contributed by atoms with Crippen LogP contribution >= 0.6 is 0 Å². The van der Waals surface area contributed by atoms with Crippen LogP contribution in [-0.2, 0) is 16.1 Å². The van der Waals surface area contributed by atoms with Gasteiger partial charge in [-0.05, 0) is 49.6 Å². The lowest BCUT2D eigenvalue weighted by atomic mass is 9.92. The van der Waals surface area contributed by atoms with Crippen molar-refractivity contribution >= 4 is 11.9 Å². The average Bonchev–Trinajstić information content (AvgIpc) is 3.76. The molecule has 1 aliphatic heterocycles. The van der Waals surface area contributed by atoms with Crippen molar-refractivity contribution in [1.29, 1.82) is 5.26 Å². The minimum Gasteiger partial charge on any atom is -0.481 e. The first kappa shape index (κ1) is 25.6. The maximum Gasteiger partial charge on any atom is 0.307 e. The summed E-state index contributed by atoms with van der Waals surface area (Å²) in [5.41, 5.74) is 4.77. The molecule has 3 unspecified atom stereocenters. The van der Waals surface area contributed by atoms with Crippen LogP contribution in [0, 0.1) is 17.2 Å². The third-order valence-electron chi connectivity index (χ3n) is 7.44. The quantitative estimate of drug-likeness (QED) is 0.339. The number of ether oxygens (including phenoxy) is 1. The number of hydrogen-bond donors (Lipinski definition) is 2. The van der Waals surface area contributed by atoms with Gasteiger partial charge in [-0.2, -0.15) is 5.26 Å². The topological polar surface area (TPSA) is 152 Å². The first-order valence-electron chi connectivity index (χ1n) is 13.4. The third-order valence-corrected chi connectivity index (χ3v) is 7.44. The number of anilines is 1. The minimum absolute atomic E-state index is 0.0704. The van der Waals surface area contributed by atoms with Crippen LogP contribution in [-0.4, -0.2) is 60.3 Å². The van der Waals surface area contributed by atoms with E-state index in [1.807, 2.05) is 42.6 Å². The molecule has 3 aromatic heterocycles. The number of carbonyl (C=O) groups is 1. The predicted molar refractivity (Wildman–Crippen MR) is 145 cm³/mol. The Kier molecular flexibility index (Phi) is 7.16. The molecule has 4 heterocycles. The van der Waals surface area contributed by atoms with Crippen LogP contribution in [0.2, 0.25) is 0 Å². The molecule has 2 N–H and O–H groups in total. The van der Waals surface area contributed by atoms with Gasteiger partial charge >= 0.3 is 5.97 Å². The molecule has 1 aromatic carbocycles. The van der Waals surface area contributed by atoms with Crippen LogP contribution in [0.5, 0.6) is 0 Å². The van der Waals surface area contributed by atoms with E-state index in [9.17, 15) is 15.2 Å². The second-order valence-electron chi connectivity index (χ2n) is 10.2. The van der Waals surface area contributed by atoms with Crippen molar-refractivity contribution < 1.29 is 14.6 Å². The van der Waals surface area contributed by atoms with E-state index in [0.717, 1.165) is 36.2 Å². The highest BCUT2D eigenvalue weighted by Crippen LogP contribution is 2.39. The summed E-state index contributed by atoms with van der Waals surface area (Å²) < 4.78 is 7.19. The summed E-state index contributed by atoms with van der Waals surface area (Å²) in [4.78, 5) is 25.9. The molecule has 11 nitrogen and oxygen atoms in total. The number of carboxylic acid groups (broad SMARTS) is 1. The molecule has 0 radical (unpaired) electrons. The van der Waals surface area contributed by atoms with E-state index >= 15 is 0 Å². The number of benzene rings is 1. The highest BCUT2D eigenvalue weighted by atomic mass is 16.5. The second-order valence-corrected chi connectivity index (χ2v) is 10.2. The maximum atomic E-state index is 11.7. The SMILES string of the molecule is N#Cc1cccc(-c2cc(-c3cn(Cc4cccc(C5CCCC5C(=O)O)n4)nn3)nc(NC3CCOC3)n2)c1. The number of nitriles is 1. The molecule has 2 aliphatic rings. The number of nitrogens with zero attached hydrogens (tertiary/aromatic N) is 7. The molecule has 40 heavy (non-hydrogen) atoms. The van der Waals surface area contributed by atoms with Gasteiger partial charge in [0.2, 0.25) is 5.95 Å². The van der Waals surface area contributed by atoms with E-state index in [2.05, 4.69) is 21.7 Å². The number of pyridine rings is 1. The normalized spacial score (nSPS) is 20.3. The Labute approximate surface area is 230 Å². The molecule has 11 heteroatoms. The molecule has 202 valence electrons. The summed E-state index contributed by atoms with van der Waals surface area (Å²) in [6, 6.07) is 17.2. The smallest absolute Gasteiger partial charge is 0.307 e. The zero-order valence-electron chi connectivity index (χ0n) is 21.8. The maximum absolute atomic E-state index is 11.7. The lowest BCUT2D eigenvalue weighted by molar-refractivity contribution is -0.142. The molecule has 0 amide bonds. The second kappa shape index (κ2) is 11.2. The lowest BCUT2D eigenvalue weighted by Crippen LogP contribution is -2.20. The first-order chi connectivity index (χ1) is 19.6. The molecule has 1 aliphatic carbocycles. The Balaban J connectivity index is 1.27. The first-order valence-corrected chi connectivity index (χ1v) is 13.4. The minimum atomic E-state index is -0.756. The van der Waals surface area contributed by atoms with Gasteiger partial charge in [-0.15, -0.1) is 5.10 Å². The van der Waals surface area contributed by atoms with E-state index in [-0.39, 0.29) is 17.9 Å². The fourth-order valence-electron chi connectivity index (χ4n) is 5.43. The standard InChI is InChI=1S/C29H28N8O3/c30-14-18-4-1-5-19(12-18)25-13-26(34-29(33-25)32-21-10-11-40-17-21)27-16-37(36-35-27)15-20-6-2-9-24(31-20)22-7-3-8-23(22)28(38)39/h1-2,4-6,9,12-13,16,21-23H,3,7-8,10-11,15,17H2,(H,38,39)(H,32,33,34). The molecule has 4 aromatic rings. The molecule has 0 bridgehead atoms. The molecule has 3 atom stereocenters. The van der Waals surface area contributed by atoms with Crippen molar-refractivity contribution in [3.63, 3.8) is 0 Å². The van der Waals surface area contributed by atoms with Crippen LogP contribution in [0.15, 0.2) is 54.7 Å². The van der Waals surface area contributed by atoms with Gasteiger partial charge in [0.15, 0.2) is 0 Å². The summed E-state index contributed by atoms with van der Waals surface area (Å²) in [6.07, 6.45) is 5.09. The molecular formula is C29H28N8O3. The summed E-state index contributed by atoms with van der Waals surface area (Å²) in [7, 11) is 0. The average molecular weight is 537 g/mol. The van der Waals surface area contributed by atoms with Gasteiger partial charge in [0.1, 0.15) is 5.69 Å². The van der Waals surface area contributed by atoms with Gasteiger partial charge in [0, 0.05) is 23.8 Å². The fourth-order valence-corrected chi connectivity index (χ4v) is 5.43. The Morgan fingerprint density at radius 1 is 1.07 bits per heavy atom. The van der Waals surface area contributed by atoms with Crippen LogP contribution in [0.25, 0.3) is 22.6 Å². The number of carboxylic acids is 1. The van der Waals surface area contributed by atoms with Gasteiger partial charge in [-0.1, -0.05) is 29.8 Å². The van der Waals surface area contributed by atoms with Crippen molar-refractivity contribution in [2.75, 3.05) is 18.5 Å². The van der Waals surface area contributed by atoms with Crippen molar-refractivity contribution in [1.82, 2.24) is 29.9 Å². The monoisotopic (exact) mass is 536 g/mol. The number of rotatable bonds is 8. The van der Waals surface area contributed by atoms with E-state index < -0.39 is 5.97 Å². The highest BCUT2D eigenvalue weighted by molar-refractivity contribution is 5.72. The molecule has 6 rings (SSSR count). The fraction of sp³-hybridized carbons (Fsp3) is 0.345. The Bertz CT molecular complexity index is 1570. The molecule has 1 saturated carbocycles. The summed E-state index contributed by atoms with van der Waals surface area (Å²) in [6.45, 7) is 1.66. The Morgan fingerprint density at radius 3 is 2.77 bits per heavy atom.